The van der Waals surface area contributed by atoms with Crippen LogP contribution >= 0.6 is 0 Å². The first-order valence-electron chi connectivity index (χ1n) is 5.89. The Hall–Kier alpha value is -1.21. The lowest BCUT2D eigenvalue weighted by Gasteiger charge is -2.35. The van der Waals surface area contributed by atoms with E-state index in [1.54, 1.807) is 4.90 Å². The van der Waals surface area contributed by atoms with E-state index in [1.807, 2.05) is 27.7 Å². The Kier molecular flexibility index (Phi) is 4.41. The molecular weight excluding hydrogens is 218 g/mol. The van der Waals surface area contributed by atoms with Crippen LogP contribution in [0.2, 0.25) is 0 Å². The van der Waals surface area contributed by atoms with Crippen molar-refractivity contribution >= 4 is 6.09 Å². The lowest BCUT2D eigenvalue weighted by atomic mass is 10.0. The van der Waals surface area contributed by atoms with Crippen LogP contribution in [0, 0.1) is 18.3 Å². The molecule has 1 fully saturated rings. The summed E-state index contributed by atoms with van der Waals surface area (Å²) in [4.78, 5) is 13.5. The van der Waals surface area contributed by atoms with E-state index in [2.05, 4.69) is 5.92 Å². The van der Waals surface area contributed by atoms with Gasteiger partial charge < -0.3 is 14.4 Å². The standard InChI is InChI=1S/C13H21NO3/c1-6-10(2)11-9-14(7-8-16-11)12(15)17-13(3,4)5/h1,10-11H,7-9H2,2-5H3. The van der Waals surface area contributed by atoms with Crippen molar-refractivity contribution in [2.45, 2.75) is 39.4 Å². The second-order valence-electron chi connectivity index (χ2n) is 5.29. The highest BCUT2D eigenvalue weighted by atomic mass is 16.6. The first-order valence-corrected chi connectivity index (χ1v) is 5.89. The topological polar surface area (TPSA) is 38.8 Å². The van der Waals surface area contributed by atoms with Crippen molar-refractivity contribution in [1.82, 2.24) is 4.90 Å². The zero-order valence-electron chi connectivity index (χ0n) is 11.0. The van der Waals surface area contributed by atoms with E-state index in [0.29, 0.717) is 19.7 Å². The molecule has 0 aromatic rings. The Bertz CT molecular complexity index is 314. The molecule has 2 atom stereocenters. The molecule has 4 heteroatoms. The predicted octanol–water partition coefficient (Wildman–Crippen LogP) is 1.89. The van der Waals surface area contributed by atoms with Gasteiger partial charge in [0.05, 0.1) is 19.3 Å². The molecule has 1 heterocycles. The summed E-state index contributed by atoms with van der Waals surface area (Å²) in [7, 11) is 0. The van der Waals surface area contributed by atoms with E-state index in [9.17, 15) is 4.79 Å². The largest absolute Gasteiger partial charge is 0.444 e. The Labute approximate surface area is 103 Å². The van der Waals surface area contributed by atoms with Crippen LogP contribution in [0.15, 0.2) is 0 Å². The van der Waals surface area contributed by atoms with Crippen LogP contribution in [-0.2, 0) is 9.47 Å². The molecule has 1 aliphatic rings. The average Bonchev–Trinajstić information content (AvgIpc) is 2.26. The van der Waals surface area contributed by atoms with E-state index in [0.717, 1.165) is 0 Å². The second kappa shape index (κ2) is 5.42. The van der Waals surface area contributed by atoms with Crippen LogP contribution in [0.4, 0.5) is 4.79 Å². The number of ether oxygens (including phenoxy) is 2. The molecule has 0 spiro atoms. The van der Waals surface area contributed by atoms with Gasteiger partial charge in [-0.1, -0.05) is 0 Å². The maximum Gasteiger partial charge on any atom is 0.410 e. The molecule has 0 bridgehead atoms. The fourth-order valence-corrected chi connectivity index (χ4v) is 1.58. The lowest BCUT2D eigenvalue weighted by Crippen LogP contribution is -2.49. The van der Waals surface area contributed by atoms with Gasteiger partial charge in [-0.3, -0.25) is 0 Å². The fraction of sp³-hybridized carbons (Fsp3) is 0.769. The summed E-state index contributed by atoms with van der Waals surface area (Å²) in [6, 6.07) is 0. The maximum atomic E-state index is 11.9. The Balaban J connectivity index is 2.55. The quantitative estimate of drug-likeness (QED) is 0.656. The molecule has 0 radical (unpaired) electrons. The van der Waals surface area contributed by atoms with Gasteiger partial charge in [0.25, 0.3) is 0 Å². The number of nitrogens with zero attached hydrogens (tertiary/aromatic N) is 1. The Morgan fingerprint density at radius 3 is 2.76 bits per heavy atom. The monoisotopic (exact) mass is 239 g/mol. The minimum atomic E-state index is -0.470. The lowest BCUT2D eigenvalue weighted by molar-refractivity contribution is -0.0525. The molecule has 1 aliphatic heterocycles. The number of hydrogen-bond donors (Lipinski definition) is 0. The van der Waals surface area contributed by atoms with Gasteiger partial charge in [0, 0.05) is 12.5 Å². The van der Waals surface area contributed by atoms with E-state index in [-0.39, 0.29) is 18.1 Å². The van der Waals surface area contributed by atoms with E-state index < -0.39 is 5.60 Å². The number of rotatable bonds is 1. The van der Waals surface area contributed by atoms with Crippen molar-refractivity contribution in [1.29, 1.82) is 0 Å². The molecule has 1 rings (SSSR count). The molecule has 17 heavy (non-hydrogen) atoms. The Morgan fingerprint density at radius 1 is 1.59 bits per heavy atom. The number of hydrogen-bond acceptors (Lipinski definition) is 3. The summed E-state index contributed by atoms with van der Waals surface area (Å²) in [5, 5.41) is 0. The minimum absolute atomic E-state index is 0.000219. The van der Waals surface area contributed by atoms with Crippen molar-refractivity contribution in [2.75, 3.05) is 19.7 Å². The molecule has 4 nitrogen and oxygen atoms in total. The molecule has 0 aromatic carbocycles. The summed E-state index contributed by atoms with van der Waals surface area (Å²) >= 11 is 0. The molecular formula is C13H21NO3. The van der Waals surface area contributed by atoms with Crippen molar-refractivity contribution in [3.05, 3.63) is 0 Å². The SMILES string of the molecule is C#CC(C)C1CN(C(=O)OC(C)(C)C)CCO1. The number of terminal acetylenes is 1. The number of morpholine rings is 1. The third kappa shape index (κ3) is 4.27. The zero-order valence-corrected chi connectivity index (χ0v) is 11.0. The van der Waals surface area contributed by atoms with Crippen LogP contribution in [0.3, 0.4) is 0 Å². The molecule has 1 amide bonds. The highest BCUT2D eigenvalue weighted by Gasteiger charge is 2.30. The number of carbonyl (C=O) groups excluding carboxylic acids is 1. The van der Waals surface area contributed by atoms with E-state index in [1.165, 1.54) is 0 Å². The number of amides is 1. The van der Waals surface area contributed by atoms with Gasteiger partial charge in [-0.15, -0.1) is 12.3 Å². The van der Waals surface area contributed by atoms with Crippen molar-refractivity contribution in [3.63, 3.8) is 0 Å². The first kappa shape index (κ1) is 13.9. The zero-order chi connectivity index (χ0) is 13.1. The van der Waals surface area contributed by atoms with Gasteiger partial charge in [0.15, 0.2) is 0 Å². The molecule has 96 valence electrons. The normalized spacial score (nSPS) is 22.8. The van der Waals surface area contributed by atoms with Gasteiger partial charge in [-0.2, -0.15) is 0 Å². The average molecular weight is 239 g/mol. The van der Waals surface area contributed by atoms with Crippen molar-refractivity contribution in [3.8, 4) is 12.3 Å². The van der Waals surface area contributed by atoms with Gasteiger partial charge in [-0.25, -0.2) is 4.79 Å². The first-order chi connectivity index (χ1) is 7.83. The van der Waals surface area contributed by atoms with Gasteiger partial charge in [0.1, 0.15) is 5.60 Å². The highest BCUT2D eigenvalue weighted by molar-refractivity contribution is 5.68. The van der Waals surface area contributed by atoms with Crippen LogP contribution in [-0.4, -0.2) is 42.4 Å². The third-order valence-electron chi connectivity index (χ3n) is 2.57. The maximum absolute atomic E-state index is 11.9. The van der Waals surface area contributed by atoms with E-state index >= 15 is 0 Å². The summed E-state index contributed by atoms with van der Waals surface area (Å²) in [6.07, 6.45) is 4.97. The molecule has 0 aromatic heterocycles. The van der Waals surface area contributed by atoms with E-state index in [4.69, 9.17) is 15.9 Å². The van der Waals surface area contributed by atoms with Crippen LogP contribution in [0.5, 0.6) is 0 Å². The molecule has 0 aliphatic carbocycles. The third-order valence-corrected chi connectivity index (χ3v) is 2.57. The summed E-state index contributed by atoms with van der Waals surface area (Å²) in [5.74, 6) is 2.64. The van der Waals surface area contributed by atoms with Gasteiger partial charge in [0.2, 0.25) is 0 Å². The fourth-order valence-electron chi connectivity index (χ4n) is 1.58. The summed E-state index contributed by atoms with van der Waals surface area (Å²) in [6.45, 7) is 9.05. The van der Waals surface area contributed by atoms with Crippen LogP contribution in [0.1, 0.15) is 27.7 Å². The number of carbonyl (C=O) groups is 1. The smallest absolute Gasteiger partial charge is 0.410 e. The van der Waals surface area contributed by atoms with Crippen LogP contribution < -0.4 is 0 Å². The molecule has 1 saturated heterocycles. The minimum Gasteiger partial charge on any atom is -0.444 e. The second-order valence-corrected chi connectivity index (χ2v) is 5.29. The van der Waals surface area contributed by atoms with Gasteiger partial charge in [-0.05, 0) is 27.7 Å². The Morgan fingerprint density at radius 2 is 2.24 bits per heavy atom. The van der Waals surface area contributed by atoms with Gasteiger partial charge >= 0.3 is 6.09 Å². The molecule has 0 N–H and O–H groups in total. The molecule has 0 saturated carbocycles. The highest BCUT2D eigenvalue weighted by Crippen LogP contribution is 2.16. The van der Waals surface area contributed by atoms with Crippen molar-refractivity contribution in [2.24, 2.45) is 5.92 Å². The summed E-state index contributed by atoms with van der Waals surface area (Å²) in [5.41, 5.74) is -0.470. The predicted molar refractivity (Wildman–Crippen MR) is 65.5 cm³/mol. The van der Waals surface area contributed by atoms with Crippen LogP contribution in [0.25, 0.3) is 0 Å². The summed E-state index contributed by atoms with van der Waals surface area (Å²) < 4.78 is 10.9. The van der Waals surface area contributed by atoms with Crippen molar-refractivity contribution < 1.29 is 14.3 Å². The molecule has 2 unspecified atom stereocenters.